The third-order valence-corrected chi connectivity index (χ3v) is 5.12. The van der Waals surface area contributed by atoms with Gasteiger partial charge in [0.05, 0.1) is 35.0 Å². The van der Waals surface area contributed by atoms with Crippen LogP contribution in [0.5, 0.6) is 0 Å². The quantitative estimate of drug-likeness (QED) is 0.930. The Kier molecular flexibility index (Phi) is 4.02. The number of imidazole rings is 1. The molecule has 4 nitrogen and oxygen atoms in total. The second kappa shape index (κ2) is 5.75. The fraction of sp³-hybridized carbons (Fsp3) is 0.462. The maximum absolute atomic E-state index is 6.36. The van der Waals surface area contributed by atoms with Gasteiger partial charge in [0, 0.05) is 23.6 Å². The van der Waals surface area contributed by atoms with Gasteiger partial charge in [0.1, 0.15) is 0 Å². The van der Waals surface area contributed by atoms with Crippen molar-refractivity contribution in [3.63, 3.8) is 0 Å². The number of rotatable bonds is 4. The highest BCUT2D eigenvalue weighted by Gasteiger charge is 2.26. The van der Waals surface area contributed by atoms with Crippen molar-refractivity contribution in [2.45, 2.75) is 19.0 Å². The summed E-state index contributed by atoms with van der Waals surface area (Å²) in [6.45, 7) is 2.41. The molecule has 0 aromatic carbocycles. The normalized spacial score (nSPS) is 20.8. The molecular weight excluding hydrogens is 326 g/mol. The highest BCUT2D eigenvalue weighted by Crippen LogP contribution is 2.28. The number of nitrogens with two attached hydrogens (primary N) is 1. The van der Waals surface area contributed by atoms with E-state index in [9.17, 15) is 0 Å². The Bertz CT molecular complexity index is 548. The van der Waals surface area contributed by atoms with Crippen LogP contribution in [0.15, 0.2) is 28.4 Å². The minimum absolute atomic E-state index is 0.00778. The first-order valence-corrected chi connectivity index (χ1v) is 7.92. The van der Waals surface area contributed by atoms with Gasteiger partial charge in [-0.1, -0.05) is 0 Å². The van der Waals surface area contributed by atoms with Crippen molar-refractivity contribution in [2.24, 2.45) is 11.7 Å². The molecule has 6 heteroatoms. The summed E-state index contributed by atoms with van der Waals surface area (Å²) in [4.78, 5) is 5.55. The molecule has 3 rings (SSSR count). The lowest BCUT2D eigenvalue weighted by molar-refractivity contribution is 0.180. The predicted octanol–water partition coefficient (Wildman–Crippen LogP) is 2.79. The second-order valence-electron chi connectivity index (χ2n) is 4.80. The van der Waals surface area contributed by atoms with Crippen molar-refractivity contribution >= 4 is 27.3 Å². The number of ether oxygens (including phenoxy) is 1. The zero-order chi connectivity index (χ0) is 13.2. The van der Waals surface area contributed by atoms with E-state index < -0.39 is 0 Å². The zero-order valence-corrected chi connectivity index (χ0v) is 12.9. The summed E-state index contributed by atoms with van der Waals surface area (Å²) < 4.78 is 8.71. The summed E-state index contributed by atoms with van der Waals surface area (Å²) in [6.07, 6.45) is 4.78. The van der Waals surface area contributed by atoms with E-state index in [1.165, 1.54) is 4.88 Å². The van der Waals surface area contributed by atoms with E-state index >= 15 is 0 Å². The lowest BCUT2D eigenvalue weighted by Crippen LogP contribution is -2.24. The first kappa shape index (κ1) is 13.3. The van der Waals surface area contributed by atoms with E-state index in [4.69, 9.17) is 10.5 Å². The summed E-state index contributed by atoms with van der Waals surface area (Å²) in [5.74, 6) is 0.408. The highest BCUT2D eigenvalue weighted by atomic mass is 79.9. The summed E-state index contributed by atoms with van der Waals surface area (Å²) in [7, 11) is 0. The molecule has 0 radical (unpaired) electrons. The van der Waals surface area contributed by atoms with Gasteiger partial charge in [-0.3, -0.25) is 0 Å². The third kappa shape index (κ3) is 2.91. The lowest BCUT2D eigenvalue weighted by Gasteiger charge is -2.19. The molecule has 1 aliphatic heterocycles. The molecular formula is C13H16BrN3OS. The Morgan fingerprint density at radius 3 is 3.16 bits per heavy atom. The largest absolute Gasteiger partial charge is 0.381 e. The molecule has 0 spiro atoms. The van der Waals surface area contributed by atoms with Gasteiger partial charge in [-0.15, -0.1) is 11.3 Å². The average Bonchev–Trinajstić information content (AvgIpc) is 3.10. The Morgan fingerprint density at radius 1 is 1.58 bits per heavy atom. The first-order chi connectivity index (χ1) is 9.24. The Labute approximate surface area is 124 Å². The van der Waals surface area contributed by atoms with Crippen LogP contribution in [0.1, 0.15) is 23.0 Å². The monoisotopic (exact) mass is 341 g/mol. The molecule has 19 heavy (non-hydrogen) atoms. The maximum Gasteiger partial charge on any atom is 0.0952 e. The van der Waals surface area contributed by atoms with Crippen molar-refractivity contribution in [1.82, 2.24) is 9.55 Å². The molecule has 0 aliphatic carbocycles. The van der Waals surface area contributed by atoms with E-state index in [0.29, 0.717) is 5.92 Å². The smallest absolute Gasteiger partial charge is 0.0952 e. The van der Waals surface area contributed by atoms with Crippen LogP contribution in [0.4, 0.5) is 0 Å². The number of nitrogens with zero attached hydrogens (tertiary/aromatic N) is 2. The molecule has 3 heterocycles. The SMILES string of the molecule is NC(c1cncn1Cc1ccc(Br)s1)C1CCOC1. The Balaban J connectivity index is 1.77. The molecule has 1 fully saturated rings. The predicted molar refractivity (Wildman–Crippen MR) is 79.2 cm³/mol. The van der Waals surface area contributed by atoms with Gasteiger partial charge < -0.3 is 15.0 Å². The van der Waals surface area contributed by atoms with Gasteiger partial charge in [0.2, 0.25) is 0 Å². The summed E-state index contributed by atoms with van der Waals surface area (Å²) in [6, 6.07) is 4.21. The highest BCUT2D eigenvalue weighted by molar-refractivity contribution is 9.11. The number of thiophene rings is 1. The molecule has 1 saturated heterocycles. The summed E-state index contributed by atoms with van der Waals surface area (Å²) in [5, 5.41) is 0. The molecule has 0 amide bonds. The van der Waals surface area contributed by atoms with Crippen LogP contribution < -0.4 is 5.73 Å². The van der Waals surface area contributed by atoms with Gasteiger partial charge in [0.15, 0.2) is 0 Å². The number of aromatic nitrogens is 2. The van der Waals surface area contributed by atoms with Gasteiger partial charge in [-0.05, 0) is 34.5 Å². The third-order valence-electron chi connectivity index (χ3n) is 3.51. The van der Waals surface area contributed by atoms with Crippen LogP contribution in [-0.2, 0) is 11.3 Å². The number of hydrogen-bond donors (Lipinski definition) is 1. The van der Waals surface area contributed by atoms with Gasteiger partial charge >= 0.3 is 0 Å². The Hall–Kier alpha value is -0.690. The summed E-state index contributed by atoms with van der Waals surface area (Å²) in [5.41, 5.74) is 7.45. The molecule has 102 valence electrons. The van der Waals surface area contributed by atoms with Gasteiger partial charge in [0.25, 0.3) is 0 Å². The van der Waals surface area contributed by atoms with E-state index in [-0.39, 0.29) is 6.04 Å². The van der Waals surface area contributed by atoms with E-state index in [0.717, 1.165) is 35.7 Å². The number of halogens is 1. The van der Waals surface area contributed by atoms with Crippen LogP contribution in [0.2, 0.25) is 0 Å². The van der Waals surface area contributed by atoms with Crippen molar-refractivity contribution in [2.75, 3.05) is 13.2 Å². The Morgan fingerprint density at radius 2 is 2.47 bits per heavy atom. The van der Waals surface area contributed by atoms with Crippen LogP contribution in [0.25, 0.3) is 0 Å². The molecule has 2 aromatic rings. The van der Waals surface area contributed by atoms with E-state index in [2.05, 4.69) is 37.6 Å². The van der Waals surface area contributed by atoms with Crippen LogP contribution >= 0.6 is 27.3 Å². The molecule has 2 atom stereocenters. The minimum atomic E-state index is 0.00778. The van der Waals surface area contributed by atoms with Gasteiger partial charge in [-0.25, -0.2) is 4.98 Å². The van der Waals surface area contributed by atoms with Crippen molar-refractivity contribution in [1.29, 1.82) is 0 Å². The van der Waals surface area contributed by atoms with Crippen molar-refractivity contribution in [3.05, 3.63) is 39.0 Å². The topological polar surface area (TPSA) is 53.1 Å². The van der Waals surface area contributed by atoms with Crippen molar-refractivity contribution in [3.8, 4) is 0 Å². The minimum Gasteiger partial charge on any atom is -0.381 e. The maximum atomic E-state index is 6.36. The fourth-order valence-electron chi connectivity index (χ4n) is 2.42. The standard InChI is InChI=1S/C13H16BrN3OS/c14-12-2-1-10(19-12)6-17-8-16-5-11(17)13(15)9-3-4-18-7-9/h1-2,5,8-9,13H,3-4,6-7,15H2. The van der Waals surface area contributed by atoms with Crippen molar-refractivity contribution < 1.29 is 4.74 Å². The van der Waals surface area contributed by atoms with Crippen LogP contribution in [0, 0.1) is 5.92 Å². The molecule has 1 aliphatic rings. The summed E-state index contributed by atoms with van der Waals surface area (Å²) >= 11 is 5.23. The fourth-order valence-corrected chi connectivity index (χ4v) is 3.90. The average molecular weight is 342 g/mol. The molecule has 2 aromatic heterocycles. The van der Waals surface area contributed by atoms with E-state index in [1.54, 1.807) is 11.3 Å². The van der Waals surface area contributed by atoms with Crippen LogP contribution in [0.3, 0.4) is 0 Å². The molecule has 2 unspecified atom stereocenters. The van der Waals surface area contributed by atoms with Crippen LogP contribution in [-0.4, -0.2) is 22.8 Å². The molecule has 0 saturated carbocycles. The molecule has 2 N–H and O–H groups in total. The molecule has 0 bridgehead atoms. The lowest BCUT2D eigenvalue weighted by atomic mass is 9.97. The van der Waals surface area contributed by atoms with Gasteiger partial charge in [-0.2, -0.15) is 0 Å². The zero-order valence-electron chi connectivity index (χ0n) is 10.5. The first-order valence-electron chi connectivity index (χ1n) is 6.31. The number of hydrogen-bond acceptors (Lipinski definition) is 4. The van der Waals surface area contributed by atoms with E-state index in [1.807, 2.05) is 12.5 Å². The second-order valence-corrected chi connectivity index (χ2v) is 7.35.